The summed E-state index contributed by atoms with van der Waals surface area (Å²) < 4.78 is 15.2. The van der Waals surface area contributed by atoms with Gasteiger partial charge in [-0.1, -0.05) is 22.9 Å². The molecule has 2 N–H and O–H groups in total. The minimum atomic E-state index is -0.166. The molecule has 1 nitrogen and oxygen atoms in total. The van der Waals surface area contributed by atoms with Crippen LogP contribution in [-0.2, 0) is 0 Å². The number of halogens is 2. The first-order valence-corrected chi connectivity index (χ1v) is 8.89. The van der Waals surface area contributed by atoms with Gasteiger partial charge in [-0.2, -0.15) is 0 Å². The molecule has 3 heteroatoms. The van der Waals surface area contributed by atoms with Crippen molar-refractivity contribution < 1.29 is 4.39 Å². The van der Waals surface area contributed by atoms with Gasteiger partial charge in [0.15, 0.2) is 0 Å². The highest BCUT2D eigenvalue weighted by atomic mass is 79.9. The molecule has 0 heterocycles. The Balaban J connectivity index is 1.73. The molecule has 1 aromatic carbocycles. The van der Waals surface area contributed by atoms with Gasteiger partial charge in [-0.15, -0.1) is 0 Å². The monoisotopic (exact) mass is 351 g/mol. The largest absolute Gasteiger partial charge is 0.323 e. The van der Waals surface area contributed by atoms with Gasteiger partial charge in [0.1, 0.15) is 5.82 Å². The molecule has 114 valence electrons. The van der Waals surface area contributed by atoms with E-state index in [9.17, 15) is 4.39 Å². The van der Waals surface area contributed by atoms with Crippen molar-refractivity contribution in [2.24, 2.45) is 28.4 Å². The van der Waals surface area contributed by atoms with Crippen molar-refractivity contribution >= 4 is 15.9 Å². The Labute approximate surface area is 134 Å². The Bertz CT molecular complexity index is 571. The molecule has 0 spiro atoms. The average molecular weight is 352 g/mol. The van der Waals surface area contributed by atoms with Gasteiger partial charge in [-0.25, -0.2) is 4.39 Å². The molecule has 0 radical (unpaired) electrons. The van der Waals surface area contributed by atoms with Gasteiger partial charge >= 0.3 is 0 Å². The van der Waals surface area contributed by atoms with Crippen LogP contribution in [0.5, 0.6) is 0 Å². The SMILES string of the molecule is CC12CC3CC(C1)CC(C(N)c1cc(Br)ccc1F)(C3)C2. The fourth-order valence-electron chi connectivity index (χ4n) is 6.24. The predicted molar refractivity (Wildman–Crippen MR) is 86.3 cm³/mol. The molecule has 1 aromatic rings. The zero-order valence-corrected chi connectivity index (χ0v) is 14.1. The lowest BCUT2D eigenvalue weighted by Gasteiger charge is -2.63. The highest BCUT2D eigenvalue weighted by Gasteiger charge is 2.58. The fourth-order valence-corrected chi connectivity index (χ4v) is 6.62. The van der Waals surface area contributed by atoms with Crippen molar-refractivity contribution in [3.63, 3.8) is 0 Å². The normalized spacial score (nSPS) is 42.3. The summed E-state index contributed by atoms with van der Waals surface area (Å²) in [5, 5.41) is 0. The van der Waals surface area contributed by atoms with Gasteiger partial charge in [0.25, 0.3) is 0 Å². The maximum atomic E-state index is 14.3. The van der Waals surface area contributed by atoms with E-state index in [1.54, 1.807) is 12.1 Å². The summed E-state index contributed by atoms with van der Waals surface area (Å²) in [5.74, 6) is 1.49. The smallest absolute Gasteiger partial charge is 0.128 e. The molecular weight excluding hydrogens is 329 g/mol. The van der Waals surface area contributed by atoms with Crippen molar-refractivity contribution in [2.75, 3.05) is 0 Å². The van der Waals surface area contributed by atoms with Crippen molar-refractivity contribution in [1.29, 1.82) is 0 Å². The Morgan fingerprint density at radius 2 is 1.90 bits per heavy atom. The minimum Gasteiger partial charge on any atom is -0.323 e. The van der Waals surface area contributed by atoms with Crippen LogP contribution in [0.3, 0.4) is 0 Å². The molecule has 4 saturated carbocycles. The quantitative estimate of drug-likeness (QED) is 0.778. The lowest BCUT2D eigenvalue weighted by molar-refractivity contribution is -0.114. The molecule has 0 amide bonds. The van der Waals surface area contributed by atoms with Crippen molar-refractivity contribution in [3.05, 3.63) is 34.1 Å². The molecule has 4 aliphatic carbocycles. The Morgan fingerprint density at radius 1 is 1.24 bits per heavy atom. The van der Waals surface area contributed by atoms with Crippen LogP contribution in [0, 0.1) is 28.5 Å². The first kappa shape index (κ1) is 14.2. The summed E-state index contributed by atoms with van der Waals surface area (Å²) in [6, 6.07) is 5.02. The number of hydrogen-bond acceptors (Lipinski definition) is 1. The first-order chi connectivity index (χ1) is 9.89. The van der Waals surface area contributed by atoms with E-state index in [1.165, 1.54) is 38.5 Å². The standard InChI is InChI=1S/C18H23BrFN/c1-17-6-11-4-12(7-17)9-18(8-11,10-17)16(21)14-5-13(19)2-3-15(14)20/h2-3,5,11-12,16H,4,6-10,21H2,1H3. The van der Waals surface area contributed by atoms with Crippen LogP contribution in [0.2, 0.25) is 0 Å². The first-order valence-electron chi connectivity index (χ1n) is 8.10. The number of nitrogens with two attached hydrogens (primary N) is 1. The van der Waals surface area contributed by atoms with Crippen LogP contribution in [0.4, 0.5) is 4.39 Å². The molecule has 21 heavy (non-hydrogen) atoms. The summed E-state index contributed by atoms with van der Waals surface area (Å²) in [4.78, 5) is 0. The molecule has 4 aliphatic rings. The van der Waals surface area contributed by atoms with Crippen LogP contribution in [0.25, 0.3) is 0 Å². The molecular formula is C18H23BrFN. The summed E-state index contributed by atoms with van der Waals surface area (Å²) in [7, 11) is 0. The summed E-state index contributed by atoms with van der Waals surface area (Å²) in [6.45, 7) is 2.43. The van der Waals surface area contributed by atoms with Crippen LogP contribution in [0.1, 0.15) is 57.1 Å². The molecule has 0 saturated heterocycles. The van der Waals surface area contributed by atoms with Crippen LogP contribution >= 0.6 is 15.9 Å². The van der Waals surface area contributed by atoms with Crippen molar-refractivity contribution in [3.8, 4) is 0 Å². The summed E-state index contributed by atoms with van der Waals surface area (Å²) in [5.41, 5.74) is 7.94. The number of hydrogen-bond donors (Lipinski definition) is 1. The maximum absolute atomic E-state index is 14.3. The lowest BCUT2D eigenvalue weighted by Crippen LogP contribution is -2.54. The van der Waals surface area contributed by atoms with E-state index < -0.39 is 0 Å². The minimum absolute atomic E-state index is 0.125. The molecule has 3 atom stereocenters. The lowest BCUT2D eigenvalue weighted by atomic mass is 9.43. The Morgan fingerprint density at radius 3 is 2.52 bits per heavy atom. The Hall–Kier alpha value is -0.410. The van der Waals surface area contributed by atoms with E-state index in [4.69, 9.17) is 5.73 Å². The molecule has 4 bridgehead atoms. The van der Waals surface area contributed by atoms with E-state index in [2.05, 4.69) is 22.9 Å². The fraction of sp³-hybridized carbons (Fsp3) is 0.667. The zero-order valence-electron chi connectivity index (χ0n) is 12.5. The second-order valence-electron chi connectivity index (χ2n) is 8.28. The van der Waals surface area contributed by atoms with Gasteiger partial charge in [0.05, 0.1) is 0 Å². The highest BCUT2D eigenvalue weighted by Crippen LogP contribution is 2.68. The molecule has 3 unspecified atom stereocenters. The number of rotatable bonds is 2. The van der Waals surface area contributed by atoms with Gasteiger partial charge in [-0.05, 0) is 79.4 Å². The average Bonchev–Trinajstić information content (AvgIpc) is 2.38. The second-order valence-corrected chi connectivity index (χ2v) is 9.19. The zero-order chi connectivity index (χ0) is 14.8. The van der Waals surface area contributed by atoms with E-state index in [0.29, 0.717) is 11.0 Å². The molecule has 0 aromatic heterocycles. The maximum Gasteiger partial charge on any atom is 0.128 e. The second kappa shape index (κ2) is 4.55. The summed E-state index contributed by atoms with van der Waals surface area (Å²) in [6.07, 6.45) is 7.68. The molecule has 0 aliphatic heterocycles. The molecule has 5 rings (SSSR count). The van der Waals surface area contributed by atoms with Crippen LogP contribution in [-0.4, -0.2) is 0 Å². The van der Waals surface area contributed by atoms with E-state index in [0.717, 1.165) is 16.3 Å². The topological polar surface area (TPSA) is 26.0 Å². The van der Waals surface area contributed by atoms with Crippen LogP contribution < -0.4 is 5.73 Å². The van der Waals surface area contributed by atoms with Gasteiger partial charge in [0, 0.05) is 16.1 Å². The third-order valence-corrected chi connectivity index (χ3v) is 6.84. The third-order valence-electron chi connectivity index (χ3n) is 6.35. The number of benzene rings is 1. The van der Waals surface area contributed by atoms with Crippen molar-refractivity contribution in [1.82, 2.24) is 0 Å². The third kappa shape index (κ3) is 2.19. The Kier molecular flexibility index (Phi) is 3.07. The van der Waals surface area contributed by atoms with Crippen LogP contribution in [0.15, 0.2) is 22.7 Å². The van der Waals surface area contributed by atoms with E-state index in [1.807, 2.05) is 6.07 Å². The van der Waals surface area contributed by atoms with Crippen molar-refractivity contribution in [2.45, 2.75) is 51.5 Å². The highest BCUT2D eigenvalue weighted by molar-refractivity contribution is 9.10. The predicted octanol–water partition coefficient (Wildman–Crippen LogP) is 5.19. The van der Waals surface area contributed by atoms with Gasteiger partial charge in [0.2, 0.25) is 0 Å². The van der Waals surface area contributed by atoms with E-state index >= 15 is 0 Å². The van der Waals surface area contributed by atoms with E-state index in [-0.39, 0.29) is 17.3 Å². The van der Waals surface area contributed by atoms with Gasteiger partial charge < -0.3 is 5.73 Å². The summed E-state index contributed by atoms with van der Waals surface area (Å²) >= 11 is 3.46. The molecule has 4 fully saturated rings. The van der Waals surface area contributed by atoms with Gasteiger partial charge in [-0.3, -0.25) is 0 Å².